The third-order valence-electron chi connectivity index (χ3n) is 5.21. The molecule has 0 aromatic heterocycles. The number of methoxy groups -OCH3 is 1. The number of piperazine rings is 1. The van der Waals surface area contributed by atoms with Gasteiger partial charge in [0, 0.05) is 38.3 Å². The topological polar surface area (TPSA) is 65.0 Å². The van der Waals surface area contributed by atoms with Crippen molar-refractivity contribution in [1.82, 2.24) is 15.1 Å². The molecule has 25 heavy (non-hydrogen) atoms. The van der Waals surface area contributed by atoms with Gasteiger partial charge in [0.25, 0.3) is 0 Å². The third-order valence-corrected chi connectivity index (χ3v) is 5.21. The maximum absolute atomic E-state index is 11.9. The fourth-order valence-electron chi connectivity index (χ4n) is 3.31. The molecule has 2 aliphatic rings. The number of rotatable bonds is 7. The smallest absolute Gasteiger partial charge is 0.234 e. The number of ether oxygens (including phenoxy) is 1. The van der Waals surface area contributed by atoms with Gasteiger partial charge in [0.2, 0.25) is 5.91 Å². The van der Waals surface area contributed by atoms with Crippen LogP contribution in [0.25, 0.3) is 0 Å². The molecule has 6 heteroatoms. The number of hydrogen-bond acceptors (Lipinski definition) is 5. The molecule has 1 aromatic carbocycles. The number of nitrogens with one attached hydrogen (secondary N) is 1. The third kappa shape index (κ3) is 4.93. The van der Waals surface area contributed by atoms with Crippen LogP contribution in [0.1, 0.15) is 31.4 Å². The molecule has 3 rings (SSSR count). The molecule has 1 amide bonds. The number of aliphatic hydroxyl groups excluding tert-OH is 1. The molecule has 2 fully saturated rings. The molecule has 1 heterocycles. The summed E-state index contributed by atoms with van der Waals surface area (Å²) in [5.74, 6) is 0.934. The molecular formula is C19H29N3O3. The second-order valence-corrected chi connectivity index (χ2v) is 7.11. The van der Waals surface area contributed by atoms with Gasteiger partial charge in [0.05, 0.1) is 19.8 Å². The van der Waals surface area contributed by atoms with Crippen molar-refractivity contribution in [1.29, 1.82) is 0 Å². The van der Waals surface area contributed by atoms with E-state index in [0.717, 1.165) is 50.3 Å². The van der Waals surface area contributed by atoms with E-state index >= 15 is 0 Å². The van der Waals surface area contributed by atoms with Gasteiger partial charge in [0.1, 0.15) is 5.75 Å². The lowest BCUT2D eigenvalue weighted by atomic mass is 10.0. The summed E-state index contributed by atoms with van der Waals surface area (Å²) in [6, 6.07) is 8.05. The largest absolute Gasteiger partial charge is 0.497 e. The molecule has 0 bridgehead atoms. The Morgan fingerprint density at radius 3 is 2.44 bits per heavy atom. The lowest BCUT2D eigenvalue weighted by Crippen LogP contribution is -2.53. The summed E-state index contributed by atoms with van der Waals surface area (Å²) >= 11 is 0. The molecule has 0 spiro atoms. The maximum Gasteiger partial charge on any atom is 0.234 e. The van der Waals surface area contributed by atoms with E-state index in [0.29, 0.717) is 12.6 Å². The minimum Gasteiger partial charge on any atom is -0.497 e. The minimum absolute atomic E-state index is 0.0378. The Balaban J connectivity index is 1.46. The van der Waals surface area contributed by atoms with Crippen LogP contribution in [0.4, 0.5) is 0 Å². The Hall–Kier alpha value is -1.63. The first-order valence-corrected chi connectivity index (χ1v) is 9.14. The van der Waals surface area contributed by atoms with E-state index in [-0.39, 0.29) is 11.9 Å². The second kappa shape index (κ2) is 8.17. The fourth-order valence-corrected chi connectivity index (χ4v) is 3.31. The Morgan fingerprint density at radius 2 is 1.88 bits per heavy atom. The Kier molecular flexibility index (Phi) is 5.93. The van der Waals surface area contributed by atoms with Crippen molar-refractivity contribution in [3.63, 3.8) is 0 Å². The van der Waals surface area contributed by atoms with Crippen LogP contribution in [0, 0.1) is 0 Å². The van der Waals surface area contributed by atoms with Gasteiger partial charge < -0.3 is 15.2 Å². The summed E-state index contributed by atoms with van der Waals surface area (Å²) in [7, 11) is 1.64. The van der Waals surface area contributed by atoms with Crippen LogP contribution in [0.5, 0.6) is 5.75 Å². The number of amides is 1. The van der Waals surface area contributed by atoms with Crippen LogP contribution in [0.2, 0.25) is 0 Å². The predicted octanol–water partition coefficient (Wildman–Crippen LogP) is 1.01. The van der Waals surface area contributed by atoms with Crippen molar-refractivity contribution in [3.05, 3.63) is 29.8 Å². The van der Waals surface area contributed by atoms with Crippen molar-refractivity contribution in [2.24, 2.45) is 0 Å². The van der Waals surface area contributed by atoms with Crippen molar-refractivity contribution in [2.45, 2.75) is 38.0 Å². The molecule has 1 aliphatic carbocycles. The molecule has 0 radical (unpaired) electrons. The molecule has 1 aliphatic heterocycles. The predicted molar refractivity (Wildman–Crippen MR) is 96.6 cm³/mol. The van der Waals surface area contributed by atoms with Crippen LogP contribution in [0.3, 0.4) is 0 Å². The molecule has 138 valence electrons. The highest BCUT2D eigenvalue weighted by atomic mass is 16.5. The van der Waals surface area contributed by atoms with E-state index in [9.17, 15) is 9.90 Å². The van der Waals surface area contributed by atoms with E-state index < -0.39 is 6.10 Å². The summed E-state index contributed by atoms with van der Waals surface area (Å²) in [4.78, 5) is 16.4. The zero-order valence-electron chi connectivity index (χ0n) is 15.1. The van der Waals surface area contributed by atoms with Crippen LogP contribution in [-0.4, -0.2) is 72.7 Å². The van der Waals surface area contributed by atoms with Crippen LogP contribution < -0.4 is 10.1 Å². The zero-order chi connectivity index (χ0) is 17.8. The SMILES string of the molecule is COc1ccc([C@@H](O)[C@@H](C)N2CCN(CC(=O)NC3CC3)CC2)cc1. The summed E-state index contributed by atoms with van der Waals surface area (Å²) in [6.45, 7) is 6.00. The van der Waals surface area contributed by atoms with E-state index in [4.69, 9.17) is 4.74 Å². The van der Waals surface area contributed by atoms with Gasteiger partial charge in [-0.1, -0.05) is 12.1 Å². The van der Waals surface area contributed by atoms with Crippen LogP contribution in [-0.2, 0) is 4.79 Å². The van der Waals surface area contributed by atoms with Crippen LogP contribution in [0.15, 0.2) is 24.3 Å². The monoisotopic (exact) mass is 347 g/mol. The molecule has 2 N–H and O–H groups in total. The summed E-state index contributed by atoms with van der Waals surface area (Å²) in [5.41, 5.74) is 0.902. The van der Waals surface area contributed by atoms with Gasteiger partial charge in [-0.25, -0.2) is 0 Å². The standard InChI is InChI=1S/C19H29N3O3/c1-14(19(24)15-3-7-17(25-2)8-4-15)22-11-9-21(10-12-22)13-18(23)20-16-5-6-16/h3-4,7-8,14,16,19,24H,5-6,9-13H2,1-2H3,(H,20,23)/t14-,19+/m1/s1. The first-order valence-electron chi connectivity index (χ1n) is 9.14. The molecule has 1 saturated heterocycles. The summed E-state index contributed by atoms with van der Waals surface area (Å²) in [5, 5.41) is 13.7. The number of carbonyl (C=O) groups is 1. The highest BCUT2D eigenvalue weighted by Gasteiger charge is 2.28. The lowest BCUT2D eigenvalue weighted by molar-refractivity contribution is -0.123. The van der Waals surface area contributed by atoms with Crippen molar-refractivity contribution < 1.29 is 14.6 Å². The minimum atomic E-state index is -0.532. The van der Waals surface area contributed by atoms with Crippen molar-refractivity contribution in [2.75, 3.05) is 39.8 Å². The second-order valence-electron chi connectivity index (χ2n) is 7.11. The lowest BCUT2D eigenvalue weighted by Gasteiger charge is -2.39. The highest BCUT2D eigenvalue weighted by Crippen LogP contribution is 2.24. The number of carbonyl (C=O) groups excluding carboxylic acids is 1. The first kappa shape index (κ1) is 18.2. The normalized spacial score (nSPS) is 21.6. The Morgan fingerprint density at radius 1 is 1.24 bits per heavy atom. The quantitative estimate of drug-likeness (QED) is 0.771. The maximum atomic E-state index is 11.9. The number of aliphatic hydroxyl groups is 1. The molecule has 6 nitrogen and oxygen atoms in total. The highest BCUT2D eigenvalue weighted by molar-refractivity contribution is 5.78. The van der Waals surface area contributed by atoms with E-state index in [1.54, 1.807) is 7.11 Å². The molecule has 0 unspecified atom stereocenters. The number of hydrogen-bond donors (Lipinski definition) is 2. The average molecular weight is 347 g/mol. The fraction of sp³-hybridized carbons (Fsp3) is 0.632. The van der Waals surface area contributed by atoms with Gasteiger partial charge >= 0.3 is 0 Å². The number of benzene rings is 1. The summed E-state index contributed by atoms with van der Waals surface area (Å²) < 4.78 is 5.17. The Labute approximate surface area is 149 Å². The van der Waals surface area contributed by atoms with Gasteiger partial charge in [0.15, 0.2) is 0 Å². The average Bonchev–Trinajstić information content (AvgIpc) is 3.45. The number of nitrogens with zero attached hydrogens (tertiary/aromatic N) is 2. The van der Waals surface area contributed by atoms with Crippen molar-refractivity contribution >= 4 is 5.91 Å². The zero-order valence-corrected chi connectivity index (χ0v) is 15.1. The van der Waals surface area contributed by atoms with Gasteiger partial charge in [-0.05, 0) is 37.5 Å². The summed E-state index contributed by atoms with van der Waals surface area (Å²) in [6.07, 6.45) is 1.72. The van der Waals surface area contributed by atoms with Crippen molar-refractivity contribution in [3.8, 4) is 5.75 Å². The molecule has 2 atom stereocenters. The Bertz CT molecular complexity index is 566. The van der Waals surface area contributed by atoms with Gasteiger partial charge in [-0.15, -0.1) is 0 Å². The van der Waals surface area contributed by atoms with E-state index in [2.05, 4.69) is 22.0 Å². The molecular weight excluding hydrogens is 318 g/mol. The van der Waals surface area contributed by atoms with Gasteiger partial charge in [-0.2, -0.15) is 0 Å². The van der Waals surface area contributed by atoms with E-state index in [1.165, 1.54) is 0 Å². The molecule has 1 aromatic rings. The molecule has 1 saturated carbocycles. The van der Waals surface area contributed by atoms with E-state index in [1.807, 2.05) is 24.3 Å². The van der Waals surface area contributed by atoms with Gasteiger partial charge in [-0.3, -0.25) is 14.6 Å². The van der Waals surface area contributed by atoms with Crippen LogP contribution >= 0.6 is 0 Å². The first-order chi connectivity index (χ1) is 12.1.